The zero-order chi connectivity index (χ0) is 23.8. The topological polar surface area (TPSA) is 61.4 Å². The van der Waals surface area contributed by atoms with E-state index in [1.165, 1.54) is 32.4 Å². The Morgan fingerprint density at radius 1 is 0.914 bits per heavy atom. The molecule has 2 amide bonds. The highest BCUT2D eigenvalue weighted by Crippen LogP contribution is 2.36. The molecule has 2 bridgehead atoms. The molecule has 182 valence electrons. The van der Waals surface area contributed by atoms with Crippen molar-refractivity contribution in [3.63, 3.8) is 0 Å². The molecule has 0 unspecified atom stereocenters. The van der Waals surface area contributed by atoms with Gasteiger partial charge in [-0.05, 0) is 79.4 Å². The predicted octanol–water partition coefficient (Wildman–Crippen LogP) is 5.91. The van der Waals surface area contributed by atoms with Crippen LogP contribution in [0.4, 0.5) is 5.69 Å². The first-order valence-electron chi connectivity index (χ1n) is 13.1. The van der Waals surface area contributed by atoms with Crippen molar-refractivity contribution >= 4 is 38.9 Å². The van der Waals surface area contributed by atoms with Crippen LogP contribution in [0, 0.1) is 11.8 Å². The van der Waals surface area contributed by atoms with Crippen LogP contribution in [-0.2, 0) is 4.79 Å². The number of thiophene rings is 1. The summed E-state index contributed by atoms with van der Waals surface area (Å²) in [6.07, 6.45) is 7.89. The van der Waals surface area contributed by atoms with Crippen molar-refractivity contribution in [2.75, 3.05) is 25.0 Å². The van der Waals surface area contributed by atoms with Gasteiger partial charge in [0.25, 0.3) is 5.91 Å². The van der Waals surface area contributed by atoms with Crippen molar-refractivity contribution in [1.29, 1.82) is 0 Å². The van der Waals surface area contributed by atoms with Crippen LogP contribution in [0.25, 0.3) is 21.2 Å². The smallest absolute Gasteiger partial charge is 0.261 e. The van der Waals surface area contributed by atoms with Gasteiger partial charge in [0, 0.05) is 28.9 Å². The highest BCUT2D eigenvalue weighted by molar-refractivity contribution is 7.21. The van der Waals surface area contributed by atoms with Gasteiger partial charge >= 0.3 is 0 Å². The molecule has 7 rings (SSSR count). The van der Waals surface area contributed by atoms with Gasteiger partial charge in [-0.15, -0.1) is 11.3 Å². The molecule has 1 aliphatic carbocycles. The predicted molar refractivity (Wildman–Crippen MR) is 143 cm³/mol. The molecule has 3 aliphatic heterocycles. The molecule has 1 aromatic heterocycles. The van der Waals surface area contributed by atoms with Gasteiger partial charge in [-0.25, -0.2) is 0 Å². The zero-order valence-electron chi connectivity index (χ0n) is 20.1. The lowest BCUT2D eigenvalue weighted by Crippen LogP contribution is -2.57. The van der Waals surface area contributed by atoms with Gasteiger partial charge in [-0.2, -0.15) is 0 Å². The average Bonchev–Trinajstić information content (AvgIpc) is 3.35. The first-order chi connectivity index (χ1) is 17.1. The highest BCUT2D eigenvalue weighted by Gasteiger charge is 2.35. The summed E-state index contributed by atoms with van der Waals surface area (Å²) in [6.45, 7) is 3.32. The van der Waals surface area contributed by atoms with E-state index < -0.39 is 0 Å². The van der Waals surface area contributed by atoms with Gasteiger partial charge in [0.2, 0.25) is 5.91 Å². The van der Waals surface area contributed by atoms with Crippen LogP contribution in [-0.4, -0.2) is 42.4 Å². The van der Waals surface area contributed by atoms with Gasteiger partial charge in [0.1, 0.15) is 0 Å². The summed E-state index contributed by atoms with van der Waals surface area (Å²) in [5.41, 5.74) is 3.00. The Hall–Kier alpha value is -2.70. The molecule has 0 spiro atoms. The second kappa shape index (κ2) is 9.75. The molecule has 1 saturated carbocycles. The second-order valence-corrected chi connectivity index (χ2v) is 11.5. The Balaban J connectivity index is 1.22. The van der Waals surface area contributed by atoms with Crippen molar-refractivity contribution in [3.05, 3.63) is 53.4 Å². The normalized spacial score (nSPS) is 24.4. The molecule has 5 nitrogen and oxygen atoms in total. The largest absolute Gasteiger partial charge is 0.347 e. The number of piperidine rings is 3. The number of fused-ring (bicyclic) bond motifs is 4. The fraction of sp³-hybridized carbons (Fsp3) is 0.448. The van der Waals surface area contributed by atoms with Crippen LogP contribution in [0.5, 0.6) is 0 Å². The average molecular weight is 488 g/mol. The first kappa shape index (κ1) is 22.7. The number of carbonyl (C=O) groups is 2. The maximum Gasteiger partial charge on any atom is 0.261 e. The molecule has 4 heterocycles. The molecule has 35 heavy (non-hydrogen) atoms. The number of anilines is 1. The Morgan fingerprint density at radius 2 is 1.71 bits per heavy atom. The van der Waals surface area contributed by atoms with E-state index in [0.717, 1.165) is 64.0 Å². The number of hydrogen-bond donors (Lipinski definition) is 2. The van der Waals surface area contributed by atoms with Gasteiger partial charge in [-0.3, -0.25) is 9.59 Å². The molecule has 3 aromatic rings. The molecule has 4 fully saturated rings. The standard InChI is InChI=1S/C29H33N3O2S/c33-28(20-6-2-1-3-7-20)30-23-10-4-8-21(16-23)24-11-5-9-22-17-26(35-27(22)24)29(34)31-25-18-32-14-12-19(25)13-15-32/h4-5,8-11,16-17,19-20,25H,1-3,6-7,12-15,18H2,(H,30,33)(H,31,34)/t25-/m0/s1. The number of hydrogen-bond acceptors (Lipinski definition) is 4. The number of rotatable bonds is 5. The fourth-order valence-electron chi connectivity index (χ4n) is 6.14. The summed E-state index contributed by atoms with van der Waals surface area (Å²) in [5, 5.41) is 7.57. The third kappa shape index (κ3) is 4.74. The van der Waals surface area contributed by atoms with Crippen molar-refractivity contribution < 1.29 is 9.59 Å². The summed E-state index contributed by atoms with van der Waals surface area (Å²) >= 11 is 1.56. The van der Waals surface area contributed by atoms with Gasteiger partial charge < -0.3 is 15.5 Å². The number of nitrogens with one attached hydrogen (secondary N) is 2. The van der Waals surface area contributed by atoms with Crippen LogP contribution in [0.15, 0.2) is 48.5 Å². The summed E-state index contributed by atoms with van der Waals surface area (Å²) < 4.78 is 1.11. The Morgan fingerprint density at radius 3 is 2.49 bits per heavy atom. The third-order valence-corrected chi connectivity index (χ3v) is 9.34. The van der Waals surface area contributed by atoms with E-state index in [-0.39, 0.29) is 23.8 Å². The number of nitrogens with zero attached hydrogens (tertiary/aromatic N) is 1. The zero-order valence-corrected chi connectivity index (χ0v) is 20.9. The third-order valence-electron chi connectivity index (χ3n) is 8.16. The SMILES string of the molecule is O=C(N[C@H]1CN2CCC1CC2)c1cc2cccc(-c3cccc(NC(=O)C4CCCCC4)c3)c2s1. The Bertz CT molecular complexity index is 1240. The first-order valence-corrected chi connectivity index (χ1v) is 13.9. The lowest BCUT2D eigenvalue weighted by molar-refractivity contribution is -0.120. The molecular weight excluding hydrogens is 454 g/mol. The maximum atomic E-state index is 13.2. The van der Waals surface area contributed by atoms with Crippen molar-refractivity contribution in [2.45, 2.75) is 51.0 Å². The molecule has 2 N–H and O–H groups in total. The Labute approximate surface area is 210 Å². The van der Waals surface area contributed by atoms with E-state index in [1.54, 1.807) is 11.3 Å². The van der Waals surface area contributed by atoms with Gasteiger partial charge in [0.05, 0.1) is 4.88 Å². The summed E-state index contributed by atoms with van der Waals surface area (Å²) in [5.74, 6) is 0.929. The van der Waals surface area contributed by atoms with Crippen LogP contribution in [0.3, 0.4) is 0 Å². The summed E-state index contributed by atoms with van der Waals surface area (Å²) in [6, 6.07) is 16.6. The number of amides is 2. The lowest BCUT2D eigenvalue weighted by atomic mass is 9.84. The monoisotopic (exact) mass is 487 g/mol. The van der Waals surface area contributed by atoms with Crippen LogP contribution in [0.2, 0.25) is 0 Å². The van der Waals surface area contributed by atoms with Crippen molar-refractivity contribution in [2.24, 2.45) is 11.8 Å². The quantitative estimate of drug-likeness (QED) is 0.470. The van der Waals surface area contributed by atoms with E-state index in [1.807, 2.05) is 24.3 Å². The van der Waals surface area contributed by atoms with Crippen molar-refractivity contribution in [1.82, 2.24) is 10.2 Å². The molecule has 3 saturated heterocycles. The van der Waals surface area contributed by atoms with Gasteiger partial charge in [-0.1, -0.05) is 49.6 Å². The Kier molecular flexibility index (Phi) is 6.33. The molecule has 1 atom stereocenters. The summed E-state index contributed by atoms with van der Waals surface area (Å²) in [4.78, 5) is 29.2. The van der Waals surface area contributed by atoms with Crippen LogP contribution in [0.1, 0.15) is 54.6 Å². The fourth-order valence-corrected chi connectivity index (χ4v) is 7.24. The van der Waals surface area contributed by atoms with Crippen molar-refractivity contribution in [3.8, 4) is 11.1 Å². The maximum absolute atomic E-state index is 13.2. The van der Waals surface area contributed by atoms with E-state index in [9.17, 15) is 9.59 Å². The van der Waals surface area contributed by atoms with Crippen LogP contribution < -0.4 is 10.6 Å². The molecule has 0 radical (unpaired) electrons. The van der Waals surface area contributed by atoms with Gasteiger partial charge in [0.15, 0.2) is 0 Å². The minimum absolute atomic E-state index is 0.0457. The van der Waals surface area contributed by atoms with E-state index >= 15 is 0 Å². The molecule has 2 aromatic carbocycles. The molecule has 6 heteroatoms. The number of benzene rings is 2. The minimum Gasteiger partial charge on any atom is -0.347 e. The van der Waals surface area contributed by atoms with E-state index in [2.05, 4.69) is 39.8 Å². The lowest BCUT2D eigenvalue weighted by Gasteiger charge is -2.44. The second-order valence-electron chi connectivity index (χ2n) is 10.5. The van der Waals surface area contributed by atoms with E-state index in [0.29, 0.717) is 5.92 Å². The highest BCUT2D eigenvalue weighted by atomic mass is 32.1. The van der Waals surface area contributed by atoms with E-state index in [4.69, 9.17) is 0 Å². The molecule has 4 aliphatic rings. The number of carbonyl (C=O) groups excluding carboxylic acids is 2. The van der Waals surface area contributed by atoms with Crippen LogP contribution >= 0.6 is 11.3 Å². The summed E-state index contributed by atoms with van der Waals surface area (Å²) in [7, 11) is 0. The molecular formula is C29H33N3O2S. The minimum atomic E-state index is 0.0457.